The van der Waals surface area contributed by atoms with Crippen LogP contribution in [0.25, 0.3) is 5.57 Å². The predicted octanol–water partition coefficient (Wildman–Crippen LogP) is 4.05. The average molecular weight is 548 g/mol. The molecule has 1 amide bonds. The van der Waals surface area contributed by atoms with E-state index in [9.17, 15) is 22.0 Å². The van der Waals surface area contributed by atoms with Crippen LogP contribution in [0.15, 0.2) is 36.5 Å². The number of allylic oxidation sites excluding steroid dienone is 2. The van der Waals surface area contributed by atoms with Gasteiger partial charge in [-0.15, -0.1) is 0 Å². The minimum absolute atomic E-state index is 0.137. The van der Waals surface area contributed by atoms with Crippen LogP contribution in [0, 0.1) is 5.41 Å². The molecule has 2 fully saturated rings. The van der Waals surface area contributed by atoms with Gasteiger partial charge in [-0.3, -0.25) is 9.52 Å². The highest BCUT2D eigenvalue weighted by molar-refractivity contribution is 7.92. The van der Waals surface area contributed by atoms with E-state index in [-0.39, 0.29) is 43.1 Å². The summed E-state index contributed by atoms with van der Waals surface area (Å²) in [6, 6.07) is 6.65. The van der Waals surface area contributed by atoms with Crippen LogP contribution >= 0.6 is 0 Å². The van der Waals surface area contributed by atoms with Crippen molar-refractivity contribution in [1.29, 1.82) is 0 Å². The van der Waals surface area contributed by atoms with Crippen LogP contribution in [0.4, 0.5) is 26.1 Å². The summed E-state index contributed by atoms with van der Waals surface area (Å²) in [7, 11) is -3.77. The number of hydrogen-bond donors (Lipinski definition) is 3. The maximum Gasteiger partial charge on any atom is 0.276 e. The lowest BCUT2D eigenvalue weighted by atomic mass is 9.84. The summed E-state index contributed by atoms with van der Waals surface area (Å²) >= 11 is 0. The molecule has 1 aliphatic heterocycles. The Morgan fingerprint density at radius 3 is 2.55 bits per heavy atom. The third kappa shape index (κ3) is 6.12. The molecule has 38 heavy (non-hydrogen) atoms. The number of pyridine rings is 2. The fraction of sp³-hybridized carbons (Fsp3) is 0.500. The fourth-order valence-electron chi connectivity index (χ4n) is 5.02. The summed E-state index contributed by atoms with van der Waals surface area (Å²) in [6.07, 6.45) is 7.94. The van der Waals surface area contributed by atoms with Crippen LogP contribution in [0.1, 0.15) is 61.0 Å². The molecule has 5 rings (SSSR count). The van der Waals surface area contributed by atoms with E-state index in [0.29, 0.717) is 16.8 Å². The summed E-state index contributed by atoms with van der Waals surface area (Å²) in [5, 5.41) is 11.8. The molecular weight excluding hydrogens is 516 g/mol. The summed E-state index contributed by atoms with van der Waals surface area (Å²) < 4.78 is 53.9. The van der Waals surface area contributed by atoms with E-state index in [4.69, 9.17) is 5.11 Å². The average Bonchev–Trinajstić information content (AvgIpc) is 3.63. The number of hydrogen-bond acceptors (Lipinski definition) is 7. The number of carbonyl (C=O) groups excluding carboxylic acids is 1. The number of amides is 1. The van der Waals surface area contributed by atoms with Crippen molar-refractivity contribution in [1.82, 2.24) is 9.97 Å². The van der Waals surface area contributed by atoms with Crippen LogP contribution in [0.3, 0.4) is 0 Å². The van der Waals surface area contributed by atoms with E-state index in [1.54, 1.807) is 29.2 Å². The largest absolute Gasteiger partial charge is 0.395 e. The Hall–Kier alpha value is -3.12. The number of nitrogens with one attached hydrogen (secondary N) is 2. The molecule has 0 bridgehead atoms. The number of aromatic nitrogens is 2. The number of carbonyl (C=O) groups is 1. The standard InChI is InChI=1S/C26H31F2N5O4S/c27-26(28)10-12-33(13-11-26)22-3-1-2-21(30-22)31-24(35)23-20(18-4-6-25(7-5-18)8-9-25)16-19(17-29-23)32-38(36,37)15-14-34/h1-4,16-17,32,34H,5-15H2,(H,30,31,35). The summed E-state index contributed by atoms with van der Waals surface area (Å²) in [5.41, 5.74) is 2.18. The van der Waals surface area contributed by atoms with Gasteiger partial charge in [0.1, 0.15) is 17.3 Å². The number of nitrogens with zero attached hydrogens (tertiary/aromatic N) is 3. The molecule has 3 heterocycles. The van der Waals surface area contributed by atoms with Gasteiger partial charge in [0.05, 0.1) is 24.2 Å². The molecule has 2 aromatic heterocycles. The van der Waals surface area contributed by atoms with Gasteiger partial charge < -0.3 is 15.3 Å². The van der Waals surface area contributed by atoms with Gasteiger partial charge in [0.25, 0.3) is 11.8 Å². The first-order valence-electron chi connectivity index (χ1n) is 12.8. The SMILES string of the molecule is O=C(Nc1cccc(N2CCC(F)(F)CC2)n1)c1ncc(NS(=O)(=O)CCO)cc1C1=CCC2(CC1)CC2. The smallest absolute Gasteiger partial charge is 0.276 e. The first kappa shape index (κ1) is 26.5. The van der Waals surface area contributed by atoms with Gasteiger partial charge in [-0.25, -0.2) is 27.2 Å². The Bertz CT molecular complexity index is 1350. The second-order valence-electron chi connectivity index (χ2n) is 10.4. The lowest BCUT2D eigenvalue weighted by Gasteiger charge is -2.32. The maximum atomic E-state index is 13.6. The molecule has 0 atom stereocenters. The Kier molecular flexibility index (Phi) is 7.12. The molecular formula is C26H31F2N5O4S. The van der Waals surface area contributed by atoms with Gasteiger partial charge >= 0.3 is 0 Å². The van der Waals surface area contributed by atoms with Gasteiger partial charge in [-0.2, -0.15) is 0 Å². The highest BCUT2D eigenvalue weighted by atomic mass is 32.2. The number of halogens is 2. The molecule has 9 nitrogen and oxygen atoms in total. The molecule has 3 aliphatic rings. The van der Waals surface area contributed by atoms with E-state index < -0.39 is 34.2 Å². The quantitative estimate of drug-likeness (QED) is 0.456. The minimum Gasteiger partial charge on any atom is -0.395 e. The predicted molar refractivity (Wildman–Crippen MR) is 141 cm³/mol. The molecule has 3 N–H and O–H groups in total. The normalized spacial score (nSPS) is 20.1. The summed E-state index contributed by atoms with van der Waals surface area (Å²) in [4.78, 5) is 23.9. The van der Waals surface area contributed by atoms with Gasteiger partial charge in [0, 0.05) is 31.5 Å². The zero-order valence-electron chi connectivity index (χ0n) is 20.9. The highest BCUT2D eigenvalue weighted by Gasteiger charge is 2.43. The first-order valence-corrected chi connectivity index (χ1v) is 14.4. The van der Waals surface area contributed by atoms with Crippen molar-refractivity contribution >= 4 is 38.8 Å². The van der Waals surface area contributed by atoms with Crippen molar-refractivity contribution in [3.63, 3.8) is 0 Å². The van der Waals surface area contributed by atoms with E-state index in [1.807, 2.05) is 0 Å². The zero-order chi connectivity index (χ0) is 27.0. The number of piperidine rings is 1. The van der Waals surface area contributed by atoms with Crippen molar-refractivity contribution < 1.29 is 27.1 Å². The Labute approximate surface area is 220 Å². The van der Waals surface area contributed by atoms with E-state index >= 15 is 0 Å². The monoisotopic (exact) mass is 547 g/mol. The van der Waals surface area contributed by atoms with Crippen molar-refractivity contribution in [2.24, 2.45) is 5.41 Å². The van der Waals surface area contributed by atoms with E-state index in [1.165, 1.54) is 19.0 Å². The van der Waals surface area contributed by atoms with Crippen molar-refractivity contribution in [2.45, 2.75) is 50.9 Å². The van der Waals surface area contributed by atoms with Gasteiger partial charge in [0.15, 0.2) is 0 Å². The van der Waals surface area contributed by atoms with Crippen LogP contribution in [0.2, 0.25) is 0 Å². The molecule has 0 aromatic carbocycles. The second-order valence-corrected chi connectivity index (χ2v) is 12.2. The van der Waals surface area contributed by atoms with Gasteiger partial charge in [0.2, 0.25) is 10.0 Å². The molecule has 2 aromatic rings. The molecule has 12 heteroatoms. The molecule has 1 saturated carbocycles. The molecule has 1 spiro atoms. The Morgan fingerprint density at radius 2 is 1.89 bits per heavy atom. The Balaban J connectivity index is 1.39. The van der Waals surface area contributed by atoms with E-state index in [0.717, 1.165) is 24.8 Å². The summed E-state index contributed by atoms with van der Waals surface area (Å²) in [5.74, 6) is -2.86. The van der Waals surface area contributed by atoms with Crippen LogP contribution in [-0.4, -0.2) is 60.8 Å². The van der Waals surface area contributed by atoms with Crippen LogP contribution < -0.4 is 14.9 Å². The Morgan fingerprint density at radius 1 is 1.13 bits per heavy atom. The van der Waals surface area contributed by atoms with Crippen molar-refractivity contribution in [3.8, 4) is 0 Å². The minimum atomic E-state index is -3.77. The lowest BCUT2D eigenvalue weighted by molar-refractivity contribution is -0.0221. The number of rotatable bonds is 8. The molecule has 0 radical (unpaired) electrons. The summed E-state index contributed by atoms with van der Waals surface area (Å²) in [6.45, 7) is -0.173. The van der Waals surface area contributed by atoms with Gasteiger partial charge in [-0.1, -0.05) is 12.1 Å². The van der Waals surface area contributed by atoms with Crippen LogP contribution in [0.5, 0.6) is 0 Å². The topological polar surface area (TPSA) is 125 Å². The third-order valence-corrected chi connectivity index (χ3v) is 8.81. The number of alkyl halides is 2. The number of anilines is 3. The molecule has 0 unspecified atom stereocenters. The van der Waals surface area contributed by atoms with E-state index in [2.05, 4.69) is 26.1 Å². The number of sulfonamides is 1. The molecule has 1 saturated heterocycles. The lowest BCUT2D eigenvalue weighted by Crippen LogP contribution is -2.39. The molecule has 204 valence electrons. The maximum absolute atomic E-state index is 13.6. The second kappa shape index (κ2) is 10.2. The first-order chi connectivity index (χ1) is 18.1. The fourth-order valence-corrected chi connectivity index (χ4v) is 5.84. The molecule has 2 aliphatic carbocycles. The van der Waals surface area contributed by atoms with Gasteiger partial charge in [-0.05, 0) is 61.3 Å². The highest BCUT2D eigenvalue weighted by Crippen LogP contribution is 2.56. The van der Waals surface area contributed by atoms with Crippen molar-refractivity contribution in [2.75, 3.05) is 40.4 Å². The van der Waals surface area contributed by atoms with Crippen molar-refractivity contribution in [3.05, 3.63) is 47.8 Å². The number of aliphatic hydroxyl groups is 1. The zero-order valence-corrected chi connectivity index (χ0v) is 21.7. The number of aliphatic hydroxyl groups excluding tert-OH is 1. The van der Waals surface area contributed by atoms with Crippen LogP contribution in [-0.2, 0) is 10.0 Å². The third-order valence-electron chi connectivity index (χ3n) is 7.54.